The zero-order valence-corrected chi connectivity index (χ0v) is 13.7. The van der Waals surface area contributed by atoms with Gasteiger partial charge in [0.1, 0.15) is 5.76 Å². The van der Waals surface area contributed by atoms with Gasteiger partial charge in [0.2, 0.25) is 0 Å². The van der Waals surface area contributed by atoms with Crippen LogP contribution in [0.15, 0.2) is 35.3 Å². The van der Waals surface area contributed by atoms with Crippen molar-refractivity contribution in [1.82, 2.24) is 4.90 Å². The normalized spacial score (nSPS) is 23.2. The maximum atomic E-state index is 10.3. The van der Waals surface area contributed by atoms with Crippen molar-refractivity contribution in [2.75, 3.05) is 14.1 Å². The highest BCUT2D eigenvalue weighted by molar-refractivity contribution is 5.44. The Kier molecular flexibility index (Phi) is 4.23. The van der Waals surface area contributed by atoms with Crippen molar-refractivity contribution in [2.24, 2.45) is 16.7 Å². The monoisotopic (exact) mass is 263 g/mol. The summed E-state index contributed by atoms with van der Waals surface area (Å²) in [6, 6.07) is 0. The van der Waals surface area contributed by atoms with Crippen LogP contribution in [0.4, 0.5) is 0 Å². The zero-order chi connectivity index (χ0) is 15.0. The molecule has 0 aromatic heterocycles. The summed E-state index contributed by atoms with van der Waals surface area (Å²) in [5.41, 5.74) is 2.43. The Morgan fingerprint density at radius 3 is 1.95 bits per heavy atom. The Morgan fingerprint density at radius 1 is 1.05 bits per heavy atom. The molecule has 0 saturated carbocycles. The van der Waals surface area contributed by atoms with Gasteiger partial charge in [-0.25, -0.2) is 0 Å². The quantitative estimate of drug-likeness (QED) is 0.751. The maximum absolute atomic E-state index is 10.3. The lowest BCUT2D eigenvalue weighted by Crippen LogP contribution is -2.33. The molecule has 19 heavy (non-hydrogen) atoms. The fourth-order valence-electron chi connectivity index (χ4n) is 2.84. The molecule has 0 saturated heterocycles. The Balaban J connectivity index is 3.44. The van der Waals surface area contributed by atoms with E-state index in [9.17, 15) is 5.11 Å². The van der Waals surface area contributed by atoms with E-state index in [2.05, 4.69) is 52.6 Å². The molecule has 0 fully saturated rings. The van der Waals surface area contributed by atoms with Crippen molar-refractivity contribution < 1.29 is 5.11 Å². The van der Waals surface area contributed by atoms with Gasteiger partial charge in [0.15, 0.2) is 0 Å². The van der Waals surface area contributed by atoms with Crippen molar-refractivity contribution >= 4 is 0 Å². The lowest BCUT2D eigenvalue weighted by Gasteiger charge is -2.41. The highest BCUT2D eigenvalue weighted by Crippen LogP contribution is 2.48. The van der Waals surface area contributed by atoms with E-state index >= 15 is 0 Å². The molecule has 1 atom stereocenters. The van der Waals surface area contributed by atoms with Gasteiger partial charge < -0.3 is 10.0 Å². The lowest BCUT2D eigenvalue weighted by atomic mass is 9.63. The SMILES string of the molecule is CN(C)C=C1C=CC(O)=C(C(C)(C)C)C1C(C)(C)C. The van der Waals surface area contributed by atoms with Gasteiger partial charge >= 0.3 is 0 Å². The summed E-state index contributed by atoms with van der Waals surface area (Å²) in [6.07, 6.45) is 6.03. The van der Waals surface area contributed by atoms with Gasteiger partial charge in [-0.3, -0.25) is 0 Å². The van der Waals surface area contributed by atoms with Crippen LogP contribution in [0.2, 0.25) is 0 Å². The van der Waals surface area contributed by atoms with E-state index in [1.807, 2.05) is 26.2 Å². The van der Waals surface area contributed by atoms with Gasteiger partial charge in [-0.1, -0.05) is 47.6 Å². The topological polar surface area (TPSA) is 23.5 Å². The second kappa shape index (κ2) is 5.07. The molecule has 0 heterocycles. The minimum absolute atomic E-state index is 0.0435. The first-order chi connectivity index (χ1) is 8.44. The molecule has 1 rings (SSSR count). The largest absolute Gasteiger partial charge is 0.508 e. The van der Waals surface area contributed by atoms with Crippen LogP contribution >= 0.6 is 0 Å². The van der Waals surface area contributed by atoms with Crippen LogP contribution in [0.25, 0.3) is 0 Å². The molecule has 0 amide bonds. The Morgan fingerprint density at radius 2 is 1.58 bits per heavy atom. The first-order valence-corrected chi connectivity index (χ1v) is 6.94. The summed E-state index contributed by atoms with van der Waals surface area (Å²) in [7, 11) is 4.07. The molecule has 0 aliphatic heterocycles. The molecular formula is C17H29NO. The van der Waals surface area contributed by atoms with Crippen molar-refractivity contribution in [3.8, 4) is 0 Å². The van der Waals surface area contributed by atoms with E-state index in [0.717, 1.165) is 5.57 Å². The number of aliphatic hydroxyl groups excluding tert-OH is 1. The number of hydrogen-bond acceptors (Lipinski definition) is 2. The summed E-state index contributed by atoms with van der Waals surface area (Å²) in [5.74, 6) is 0.670. The van der Waals surface area contributed by atoms with Gasteiger partial charge in [-0.2, -0.15) is 0 Å². The predicted molar refractivity (Wildman–Crippen MR) is 83.0 cm³/mol. The minimum atomic E-state index is -0.0435. The van der Waals surface area contributed by atoms with Crippen molar-refractivity contribution in [3.05, 3.63) is 35.3 Å². The molecule has 0 radical (unpaired) electrons. The van der Waals surface area contributed by atoms with Crippen molar-refractivity contribution in [1.29, 1.82) is 0 Å². The summed E-state index contributed by atoms with van der Waals surface area (Å²) in [6.45, 7) is 13.2. The zero-order valence-electron chi connectivity index (χ0n) is 13.7. The average molecular weight is 263 g/mol. The van der Waals surface area contributed by atoms with Gasteiger partial charge in [-0.15, -0.1) is 0 Å². The number of rotatable bonds is 1. The Bertz CT molecular complexity index is 425. The first-order valence-electron chi connectivity index (χ1n) is 6.94. The lowest BCUT2D eigenvalue weighted by molar-refractivity contribution is 0.255. The summed E-state index contributed by atoms with van der Waals surface area (Å²) in [5, 5.41) is 10.3. The van der Waals surface area contributed by atoms with E-state index in [0.29, 0.717) is 5.76 Å². The molecule has 0 aromatic rings. The molecule has 2 nitrogen and oxygen atoms in total. The van der Waals surface area contributed by atoms with Crippen molar-refractivity contribution in [2.45, 2.75) is 41.5 Å². The van der Waals surface area contributed by atoms with Crippen molar-refractivity contribution in [3.63, 3.8) is 0 Å². The molecular weight excluding hydrogens is 234 g/mol. The molecule has 1 unspecified atom stereocenters. The molecule has 0 spiro atoms. The van der Waals surface area contributed by atoms with Gasteiger partial charge in [0.05, 0.1) is 0 Å². The number of aliphatic hydroxyl groups is 1. The smallest absolute Gasteiger partial charge is 0.115 e. The van der Waals surface area contributed by atoms with E-state index in [4.69, 9.17) is 0 Å². The summed E-state index contributed by atoms with van der Waals surface area (Å²) < 4.78 is 0. The first kappa shape index (κ1) is 15.9. The highest BCUT2D eigenvalue weighted by atomic mass is 16.3. The number of allylic oxidation sites excluding steroid dienone is 4. The highest BCUT2D eigenvalue weighted by Gasteiger charge is 2.39. The Labute approximate surface area is 118 Å². The van der Waals surface area contributed by atoms with Crippen LogP contribution in [-0.2, 0) is 0 Å². The fourth-order valence-corrected chi connectivity index (χ4v) is 2.84. The standard InChI is InChI=1S/C17H29NO/c1-16(2,3)14-12(11-18(7)8)9-10-13(19)15(14)17(4,5)6/h9-11,14,19H,1-8H3. The van der Waals surface area contributed by atoms with Crippen LogP contribution in [-0.4, -0.2) is 24.1 Å². The van der Waals surface area contributed by atoms with Crippen LogP contribution in [0.3, 0.4) is 0 Å². The Hall–Kier alpha value is -1.18. The fraction of sp³-hybridized carbons (Fsp3) is 0.647. The third-order valence-electron chi connectivity index (χ3n) is 3.41. The van der Waals surface area contributed by atoms with Crippen LogP contribution in [0.1, 0.15) is 41.5 Å². The van der Waals surface area contributed by atoms with Gasteiger partial charge in [0.25, 0.3) is 0 Å². The molecule has 1 aliphatic carbocycles. The van der Waals surface area contributed by atoms with Crippen LogP contribution in [0, 0.1) is 16.7 Å². The van der Waals surface area contributed by atoms with E-state index < -0.39 is 0 Å². The van der Waals surface area contributed by atoms with Gasteiger partial charge in [0, 0.05) is 26.2 Å². The summed E-state index contributed by atoms with van der Waals surface area (Å²) in [4.78, 5) is 2.07. The van der Waals surface area contributed by atoms with E-state index in [1.54, 1.807) is 0 Å². The second-order valence-electron chi connectivity index (χ2n) is 7.77. The maximum Gasteiger partial charge on any atom is 0.115 e. The average Bonchev–Trinajstić information content (AvgIpc) is 2.15. The molecule has 0 aromatic carbocycles. The molecule has 1 N–H and O–H groups in total. The third kappa shape index (κ3) is 3.65. The van der Waals surface area contributed by atoms with Crippen LogP contribution in [0.5, 0.6) is 0 Å². The third-order valence-corrected chi connectivity index (χ3v) is 3.41. The minimum Gasteiger partial charge on any atom is -0.508 e. The second-order valence-corrected chi connectivity index (χ2v) is 7.77. The summed E-state index contributed by atoms with van der Waals surface area (Å²) >= 11 is 0. The predicted octanol–water partition coefficient (Wildman–Crippen LogP) is 4.52. The molecule has 2 heteroatoms. The van der Waals surface area contributed by atoms with E-state index in [-0.39, 0.29) is 16.7 Å². The number of nitrogens with zero attached hydrogens (tertiary/aromatic N) is 1. The van der Waals surface area contributed by atoms with Gasteiger partial charge in [-0.05, 0) is 28.1 Å². The van der Waals surface area contributed by atoms with Crippen LogP contribution < -0.4 is 0 Å². The van der Waals surface area contributed by atoms with E-state index in [1.165, 1.54) is 5.57 Å². The molecule has 1 aliphatic rings. The number of hydrogen-bond donors (Lipinski definition) is 1. The molecule has 0 bridgehead atoms. The molecule has 108 valence electrons.